The van der Waals surface area contributed by atoms with Crippen LogP contribution in [0, 0.1) is 13.8 Å². The zero-order valence-corrected chi connectivity index (χ0v) is 14.0. The second-order valence-electron chi connectivity index (χ2n) is 5.93. The largest absolute Gasteiger partial charge is 0.344 e. The molecule has 2 aromatic rings. The van der Waals surface area contributed by atoms with E-state index >= 15 is 0 Å². The third-order valence-electron chi connectivity index (χ3n) is 4.10. The predicted molar refractivity (Wildman–Crippen MR) is 93.8 cm³/mol. The molecule has 0 radical (unpaired) electrons. The summed E-state index contributed by atoms with van der Waals surface area (Å²) in [5.74, 6) is 0. The van der Waals surface area contributed by atoms with E-state index in [1.54, 1.807) is 0 Å². The van der Waals surface area contributed by atoms with Gasteiger partial charge in [-0.2, -0.15) is 0 Å². The van der Waals surface area contributed by atoms with Crippen LogP contribution in [0.3, 0.4) is 0 Å². The van der Waals surface area contributed by atoms with Crippen LogP contribution in [0.4, 0.5) is 11.4 Å². The number of rotatable bonds is 5. The molecule has 0 aromatic heterocycles. The van der Waals surface area contributed by atoms with Gasteiger partial charge in [-0.3, -0.25) is 0 Å². The van der Waals surface area contributed by atoms with Crippen molar-refractivity contribution in [3.63, 3.8) is 0 Å². The highest BCUT2D eigenvalue weighted by Gasteiger charge is 2.12. The summed E-state index contributed by atoms with van der Waals surface area (Å²) < 4.78 is 0. The van der Waals surface area contributed by atoms with Crippen LogP contribution in [-0.2, 0) is 12.8 Å². The van der Waals surface area contributed by atoms with E-state index < -0.39 is 0 Å². The molecule has 112 valence electrons. The van der Waals surface area contributed by atoms with Gasteiger partial charge in [0.05, 0.1) is 0 Å². The Bertz CT molecular complexity index is 613. The molecule has 0 saturated carbocycles. The van der Waals surface area contributed by atoms with Crippen LogP contribution in [0.15, 0.2) is 36.4 Å². The van der Waals surface area contributed by atoms with Gasteiger partial charge in [-0.1, -0.05) is 44.5 Å². The Morgan fingerprint density at radius 2 is 1.33 bits per heavy atom. The van der Waals surface area contributed by atoms with E-state index in [-0.39, 0.29) is 0 Å². The molecule has 1 heteroatoms. The Hall–Kier alpha value is -1.76. The Morgan fingerprint density at radius 1 is 0.810 bits per heavy atom. The Kier molecular flexibility index (Phi) is 5.06. The summed E-state index contributed by atoms with van der Waals surface area (Å²) >= 11 is 0. The van der Waals surface area contributed by atoms with Crippen LogP contribution < -0.4 is 4.90 Å². The SMILES string of the molecule is CCCc1ccc(C)cc1N(C)c1cc(C)ccc1CC. The smallest absolute Gasteiger partial charge is 0.0443 e. The summed E-state index contributed by atoms with van der Waals surface area (Å²) in [5, 5.41) is 0. The Balaban J connectivity index is 2.51. The molecule has 2 rings (SSSR count). The molecule has 0 spiro atoms. The average Bonchev–Trinajstić information content (AvgIpc) is 2.48. The van der Waals surface area contributed by atoms with Gasteiger partial charge >= 0.3 is 0 Å². The average molecular weight is 281 g/mol. The highest BCUT2D eigenvalue weighted by molar-refractivity contribution is 5.69. The summed E-state index contributed by atoms with van der Waals surface area (Å²) in [6.07, 6.45) is 3.38. The Labute approximate surface area is 129 Å². The fourth-order valence-corrected chi connectivity index (χ4v) is 2.88. The maximum absolute atomic E-state index is 2.36. The van der Waals surface area contributed by atoms with Gasteiger partial charge in [-0.05, 0) is 61.1 Å². The minimum atomic E-state index is 1.06. The molecule has 21 heavy (non-hydrogen) atoms. The first-order valence-corrected chi connectivity index (χ1v) is 7.99. The molecule has 0 unspecified atom stereocenters. The summed E-state index contributed by atoms with van der Waals surface area (Å²) in [4.78, 5) is 2.36. The van der Waals surface area contributed by atoms with Crippen molar-refractivity contribution in [2.45, 2.75) is 47.0 Å². The van der Waals surface area contributed by atoms with Crippen LogP contribution in [-0.4, -0.2) is 7.05 Å². The van der Waals surface area contributed by atoms with Crippen molar-refractivity contribution in [3.8, 4) is 0 Å². The molecule has 0 amide bonds. The summed E-state index contributed by atoms with van der Waals surface area (Å²) in [5.41, 5.74) is 8.17. The van der Waals surface area contributed by atoms with Crippen molar-refractivity contribution in [3.05, 3.63) is 58.7 Å². The number of nitrogens with zero attached hydrogens (tertiary/aromatic N) is 1. The molecule has 2 aromatic carbocycles. The number of aryl methyl sites for hydroxylation is 4. The van der Waals surface area contributed by atoms with Gasteiger partial charge in [0.15, 0.2) is 0 Å². The molecule has 0 aliphatic rings. The normalized spacial score (nSPS) is 10.7. The first-order chi connectivity index (χ1) is 10.1. The molecule has 0 aliphatic carbocycles. The number of hydrogen-bond donors (Lipinski definition) is 0. The molecule has 0 saturated heterocycles. The molecular weight excluding hydrogens is 254 g/mol. The van der Waals surface area contributed by atoms with Gasteiger partial charge in [0.1, 0.15) is 0 Å². The van der Waals surface area contributed by atoms with Crippen LogP contribution in [0.25, 0.3) is 0 Å². The Morgan fingerprint density at radius 3 is 1.86 bits per heavy atom. The lowest BCUT2D eigenvalue weighted by Crippen LogP contribution is -2.14. The van der Waals surface area contributed by atoms with Gasteiger partial charge in [-0.15, -0.1) is 0 Å². The van der Waals surface area contributed by atoms with Crippen molar-refractivity contribution in [1.82, 2.24) is 0 Å². The van der Waals surface area contributed by atoms with Crippen LogP contribution in [0.5, 0.6) is 0 Å². The van der Waals surface area contributed by atoms with Gasteiger partial charge in [0.25, 0.3) is 0 Å². The first kappa shape index (κ1) is 15.6. The monoisotopic (exact) mass is 281 g/mol. The van der Waals surface area contributed by atoms with E-state index in [1.165, 1.54) is 40.0 Å². The standard InChI is InChI=1S/C20H27N/c1-6-8-18-12-10-16(4)14-20(18)21(5)19-13-15(3)9-11-17(19)7-2/h9-14H,6-8H2,1-5H3. The minimum absolute atomic E-state index is 1.06. The van der Waals surface area contributed by atoms with Gasteiger partial charge in [0.2, 0.25) is 0 Å². The highest BCUT2D eigenvalue weighted by atomic mass is 15.1. The summed E-state index contributed by atoms with van der Waals surface area (Å²) in [6.45, 7) is 8.81. The van der Waals surface area contributed by atoms with Crippen LogP contribution >= 0.6 is 0 Å². The lowest BCUT2D eigenvalue weighted by atomic mass is 10.0. The molecule has 0 fully saturated rings. The fraction of sp³-hybridized carbons (Fsp3) is 0.400. The molecule has 0 aliphatic heterocycles. The fourth-order valence-electron chi connectivity index (χ4n) is 2.88. The predicted octanol–water partition coefficient (Wildman–Crippen LogP) is 5.59. The van der Waals surface area contributed by atoms with Crippen molar-refractivity contribution in [1.29, 1.82) is 0 Å². The third kappa shape index (κ3) is 3.47. The van der Waals surface area contributed by atoms with Crippen molar-refractivity contribution < 1.29 is 0 Å². The molecule has 0 heterocycles. The topological polar surface area (TPSA) is 3.24 Å². The number of benzene rings is 2. The second-order valence-corrected chi connectivity index (χ2v) is 5.93. The second kappa shape index (κ2) is 6.80. The molecular formula is C20H27N. The van der Waals surface area contributed by atoms with Crippen molar-refractivity contribution in [2.75, 3.05) is 11.9 Å². The maximum Gasteiger partial charge on any atom is 0.0443 e. The van der Waals surface area contributed by atoms with E-state index in [2.05, 4.69) is 76.0 Å². The molecule has 0 atom stereocenters. The zero-order valence-electron chi connectivity index (χ0n) is 14.0. The molecule has 0 bridgehead atoms. The van der Waals surface area contributed by atoms with Gasteiger partial charge in [-0.25, -0.2) is 0 Å². The molecule has 0 N–H and O–H groups in total. The summed E-state index contributed by atoms with van der Waals surface area (Å²) in [7, 11) is 2.20. The zero-order chi connectivity index (χ0) is 15.4. The summed E-state index contributed by atoms with van der Waals surface area (Å²) in [6, 6.07) is 13.6. The van der Waals surface area contributed by atoms with Crippen molar-refractivity contribution in [2.24, 2.45) is 0 Å². The van der Waals surface area contributed by atoms with Crippen LogP contribution in [0.2, 0.25) is 0 Å². The third-order valence-corrected chi connectivity index (χ3v) is 4.10. The van der Waals surface area contributed by atoms with Crippen LogP contribution in [0.1, 0.15) is 42.5 Å². The molecule has 1 nitrogen and oxygen atoms in total. The van der Waals surface area contributed by atoms with E-state index in [4.69, 9.17) is 0 Å². The van der Waals surface area contributed by atoms with E-state index in [9.17, 15) is 0 Å². The number of hydrogen-bond acceptors (Lipinski definition) is 1. The van der Waals surface area contributed by atoms with Gasteiger partial charge in [0, 0.05) is 18.4 Å². The van der Waals surface area contributed by atoms with E-state index in [0.29, 0.717) is 0 Å². The van der Waals surface area contributed by atoms with E-state index in [1.807, 2.05) is 0 Å². The first-order valence-electron chi connectivity index (χ1n) is 7.99. The van der Waals surface area contributed by atoms with Gasteiger partial charge < -0.3 is 4.90 Å². The quantitative estimate of drug-likeness (QED) is 0.691. The van der Waals surface area contributed by atoms with E-state index in [0.717, 1.165) is 12.8 Å². The lowest BCUT2D eigenvalue weighted by Gasteiger charge is -2.26. The highest BCUT2D eigenvalue weighted by Crippen LogP contribution is 2.32. The lowest BCUT2D eigenvalue weighted by molar-refractivity contribution is 0.914. The van der Waals surface area contributed by atoms with Crippen molar-refractivity contribution >= 4 is 11.4 Å². The maximum atomic E-state index is 2.36. The number of anilines is 2. The minimum Gasteiger partial charge on any atom is -0.344 e.